The molecule has 6 aliphatic rings. The molecule has 1 spiro atoms. The first-order valence-electron chi connectivity index (χ1n) is 37.0. The SMILES string of the molecule is CC[C@H](C)[C@@H]1NC(=O)[C@H](C)N(C)C(=O)C[C@@H](C(=O)N2CCCCC2)N(C)C(=O)[C@H](C(C)C)N(C)C(=O)C2(CCCC2)NC(=O)[C@H](CC2CCC(Cl)CC2)N(C)C(=O)[C@H](CCC2CCC(C(F)(F)F)C(Cl)C2)NC(=O)CN(C)C(=O)[C@H](CC2CCCCC2)N(C)C(=O)CN(C)C(=O)CN(C)C1=O. The number of hydrogen-bond acceptors (Lipinski definition) is 12. The van der Waals surface area contributed by atoms with Gasteiger partial charge < -0.3 is 60.0 Å². The fourth-order valence-electron chi connectivity index (χ4n) is 16.0. The van der Waals surface area contributed by atoms with E-state index in [0.29, 0.717) is 70.9 Å². The molecule has 2 saturated heterocycles. The molecule has 0 aromatic heterocycles. The van der Waals surface area contributed by atoms with Crippen molar-refractivity contribution in [1.82, 2.24) is 60.0 Å². The van der Waals surface area contributed by atoms with Crippen LogP contribution in [-0.2, 0) is 57.5 Å². The van der Waals surface area contributed by atoms with Crippen LogP contribution in [0.3, 0.4) is 0 Å². The average molecular weight is 1470 g/mol. The molecule has 4 aliphatic carbocycles. The maximum absolute atomic E-state index is 15.6. The highest BCUT2D eigenvalue weighted by Gasteiger charge is 2.51. The smallest absolute Gasteiger partial charge is 0.343 e. The Morgan fingerprint density at radius 3 is 1.71 bits per heavy atom. The molecular weight excluding hydrogens is 1350 g/mol. The lowest BCUT2D eigenvalue weighted by atomic mass is 9.78. The topological polar surface area (TPSA) is 270 Å². The fourth-order valence-corrected chi connectivity index (χ4v) is 16.7. The zero-order valence-corrected chi connectivity index (χ0v) is 63.7. The minimum absolute atomic E-state index is 0.0189. The summed E-state index contributed by atoms with van der Waals surface area (Å²) in [6, 6.07) is -8.92. The van der Waals surface area contributed by atoms with Crippen LogP contribution in [0.5, 0.6) is 0 Å². The minimum Gasteiger partial charge on any atom is -0.343 e. The lowest BCUT2D eigenvalue weighted by Gasteiger charge is -2.42. The predicted molar refractivity (Wildman–Crippen MR) is 377 cm³/mol. The number of amides is 12. The zero-order chi connectivity index (χ0) is 75.1. The molecule has 4 saturated carbocycles. The van der Waals surface area contributed by atoms with Gasteiger partial charge in [-0.1, -0.05) is 79.1 Å². The Morgan fingerprint density at radius 1 is 0.564 bits per heavy atom. The number of rotatable bonds is 11. The van der Waals surface area contributed by atoms with E-state index in [4.69, 9.17) is 23.2 Å². The van der Waals surface area contributed by atoms with Gasteiger partial charge in [0.05, 0.1) is 32.0 Å². The Morgan fingerprint density at radius 2 is 1.13 bits per heavy atom. The monoisotopic (exact) mass is 1470 g/mol. The number of carbonyl (C=O) groups excluding carboxylic acids is 12. The number of likely N-dealkylation sites (tertiary alicyclic amines) is 1. The van der Waals surface area contributed by atoms with Gasteiger partial charge in [-0.05, 0) is 139 Å². The van der Waals surface area contributed by atoms with Crippen LogP contribution in [0.1, 0.15) is 195 Å². The van der Waals surface area contributed by atoms with Crippen LogP contribution in [0, 0.1) is 35.5 Å². The van der Waals surface area contributed by atoms with Crippen LogP contribution >= 0.6 is 23.2 Å². The first-order valence-corrected chi connectivity index (χ1v) is 37.9. The lowest BCUT2D eigenvalue weighted by molar-refractivity contribution is -0.182. The summed E-state index contributed by atoms with van der Waals surface area (Å²) < 4.78 is 42.3. The molecular formula is C72H117Cl2F3N12O12. The Labute approximate surface area is 606 Å². The molecule has 2 aliphatic heterocycles. The van der Waals surface area contributed by atoms with Crippen molar-refractivity contribution < 1.29 is 70.7 Å². The second-order valence-electron chi connectivity index (χ2n) is 30.7. The van der Waals surface area contributed by atoms with Crippen molar-refractivity contribution in [3.05, 3.63) is 0 Å². The molecule has 572 valence electrons. The largest absolute Gasteiger partial charge is 0.393 e. The van der Waals surface area contributed by atoms with Gasteiger partial charge >= 0.3 is 6.18 Å². The number of nitrogens with zero attached hydrogens (tertiary/aromatic N) is 9. The number of alkyl halides is 5. The molecule has 11 atom stereocenters. The molecule has 12 amide bonds. The molecule has 0 aromatic carbocycles. The second-order valence-corrected chi connectivity index (χ2v) is 31.9. The van der Waals surface area contributed by atoms with E-state index in [1.165, 1.54) is 82.9 Å². The fraction of sp³-hybridized carbons (Fsp3) is 0.833. The normalized spacial score (nSPS) is 30.7. The number of halogens is 5. The summed E-state index contributed by atoms with van der Waals surface area (Å²) in [5.74, 6) is -11.3. The van der Waals surface area contributed by atoms with E-state index >= 15 is 19.2 Å². The summed E-state index contributed by atoms with van der Waals surface area (Å²) in [5, 5.41) is 7.40. The maximum atomic E-state index is 15.6. The van der Waals surface area contributed by atoms with Crippen molar-refractivity contribution in [1.29, 1.82) is 0 Å². The Hall–Kier alpha value is -5.99. The van der Waals surface area contributed by atoms with Gasteiger partial charge in [0.1, 0.15) is 47.8 Å². The van der Waals surface area contributed by atoms with Crippen LogP contribution in [0.25, 0.3) is 0 Å². The number of likely N-dealkylation sites (N-methyl/N-ethyl adjacent to an activating group) is 8. The Bertz CT molecular complexity index is 2910. The average Bonchev–Trinajstić information content (AvgIpc) is 1.58. The highest BCUT2D eigenvalue weighted by Crippen LogP contribution is 2.44. The van der Waals surface area contributed by atoms with Crippen molar-refractivity contribution >= 4 is 94.1 Å². The lowest BCUT2D eigenvalue weighted by Crippen LogP contribution is -2.65. The third kappa shape index (κ3) is 22.0. The van der Waals surface area contributed by atoms with Gasteiger partial charge in [-0.15, -0.1) is 23.2 Å². The van der Waals surface area contributed by atoms with Gasteiger partial charge in [-0.25, -0.2) is 0 Å². The van der Waals surface area contributed by atoms with E-state index in [-0.39, 0.29) is 80.9 Å². The van der Waals surface area contributed by atoms with Crippen molar-refractivity contribution in [2.45, 2.75) is 260 Å². The second kappa shape index (κ2) is 37.6. The van der Waals surface area contributed by atoms with Crippen molar-refractivity contribution in [3.8, 4) is 0 Å². The molecule has 24 nitrogen and oxygen atoms in total. The number of piperidine rings is 1. The molecule has 2 heterocycles. The zero-order valence-electron chi connectivity index (χ0n) is 62.2. The summed E-state index contributed by atoms with van der Waals surface area (Å²) in [6.45, 7) is 7.55. The van der Waals surface area contributed by atoms with E-state index in [2.05, 4.69) is 16.0 Å². The van der Waals surface area contributed by atoms with E-state index in [9.17, 15) is 51.5 Å². The molecule has 0 bridgehead atoms. The number of hydrogen-bond donors (Lipinski definition) is 3. The van der Waals surface area contributed by atoms with Gasteiger partial charge in [0, 0.05) is 80.2 Å². The van der Waals surface area contributed by atoms with Crippen LogP contribution in [0.15, 0.2) is 0 Å². The standard InChI is InChI=1S/C72H117Cl2F3N12O12/c1-14-45(4)61-68(99)83(8)42-59(92)81(6)43-60(93)85(10)55(39-47-23-17-15-18-24-47)66(97)82(7)41-57(90)78-53(32-28-48-27-31-51(52(74)37-48)72(75,76)77)65(96)86(11)54(38-49-25-29-50(73)30-26-49)64(95)80-71(33-19-20-34-71)70(101)88(13)62(44(2)3)69(100)87(12)56(67(98)89-35-21-16-22-36-89)40-58(91)84(9)46(5)63(94)79-61/h44-56,61-62H,14-43H2,1-13H3,(H,78,90)(H,79,94)(H,80,95)/t45-,46-,48?,49?,50?,51?,52?,53-,54-,55-,56-,61-,62-/m0/s1. The van der Waals surface area contributed by atoms with Crippen molar-refractivity contribution in [2.75, 3.05) is 89.1 Å². The number of nitrogens with one attached hydrogen (secondary N) is 3. The van der Waals surface area contributed by atoms with E-state index in [0.717, 1.165) is 58.1 Å². The maximum Gasteiger partial charge on any atom is 0.393 e. The molecule has 29 heteroatoms. The highest BCUT2D eigenvalue weighted by molar-refractivity contribution is 6.21. The third-order valence-electron chi connectivity index (χ3n) is 23.1. The van der Waals surface area contributed by atoms with Gasteiger partial charge in [0.25, 0.3) is 0 Å². The molecule has 101 heavy (non-hydrogen) atoms. The van der Waals surface area contributed by atoms with Crippen LogP contribution in [-0.4, -0.2) is 269 Å². The highest BCUT2D eigenvalue weighted by atomic mass is 35.5. The molecule has 0 aromatic rings. The van der Waals surface area contributed by atoms with Gasteiger partial charge in [-0.2, -0.15) is 13.2 Å². The van der Waals surface area contributed by atoms with E-state index in [1.807, 2.05) is 6.92 Å². The molecule has 3 unspecified atom stereocenters. The molecule has 6 fully saturated rings. The van der Waals surface area contributed by atoms with Crippen molar-refractivity contribution in [2.24, 2.45) is 35.5 Å². The van der Waals surface area contributed by atoms with Gasteiger partial charge in [-0.3, -0.25) is 57.5 Å². The quantitative estimate of drug-likeness (QED) is 0.186. The third-order valence-corrected chi connectivity index (χ3v) is 24.0. The first kappa shape index (κ1) is 84.0. The predicted octanol–water partition coefficient (Wildman–Crippen LogP) is 6.56. The van der Waals surface area contributed by atoms with Crippen LogP contribution in [0.4, 0.5) is 13.2 Å². The molecule has 0 radical (unpaired) electrons. The van der Waals surface area contributed by atoms with E-state index in [1.54, 1.807) is 25.7 Å². The molecule has 6 rings (SSSR count). The van der Waals surface area contributed by atoms with Gasteiger partial charge in [0.2, 0.25) is 70.9 Å². The van der Waals surface area contributed by atoms with E-state index < -0.39 is 174 Å². The summed E-state index contributed by atoms with van der Waals surface area (Å²) >= 11 is 13.1. The summed E-state index contributed by atoms with van der Waals surface area (Å²) in [5.41, 5.74) is -1.62. The summed E-state index contributed by atoms with van der Waals surface area (Å²) in [7, 11) is 11.3. The van der Waals surface area contributed by atoms with Crippen molar-refractivity contribution in [3.63, 3.8) is 0 Å². The Kier molecular flexibility index (Phi) is 31.3. The Balaban J connectivity index is 1.43. The summed E-state index contributed by atoms with van der Waals surface area (Å²) in [6.07, 6.45) is 5.88. The number of carbonyl (C=O) groups is 12. The molecule has 3 N–H and O–H groups in total. The minimum atomic E-state index is -4.52. The van der Waals surface area contributed by atoms with Crippen LogP contribution < -0.4 is 16.0 Å². The van der Waals surface area contributed by atoms with Gasteiger partial charge in [0.15, 0.2) is 0 Å². The first-order chi connectivity index (χ1) is 47.4. The summed E-state index contributed by atoms with van der Waals surface area (Å²) in [4.78, 5) is 190. The van der Waals surface area contributed by atoms with Crippen LogP contribution in [0.2, 0.25) is 0 Å².